The van der Waals surface area contributed by atoms with Crippen molar-refractivity contribution < 1.29 is 4.74 Å². The highest BCUT2D eigenvalue weighted by Crippen LogP contribution is 2.27. The van der Waals surface area contributed by atoms with Crippen molar-refractivity contribution in [2.45, 2.75) is 75.8 Å². The fourth-order valence-electron chi connectivity index (χ4n) is 3.72. The van der Waals surface area contributed by atoms with E-state index in [1.807, 2.05) is 6.92 Å². The second-order valence-electron chi connectivity index (χ2n) is 8.58. The lowest BCUT2D eigenvalue weighted by Crippen LogP contribution is -2.60. The van der Waals surface area contributed by atoms with E-state index >= 15 is 0 Å². The van der Waals surface area contributed by atoms with Crippen molar-refractivity contribution in [1.82, 2.24) is 15.1 Å². The van der Waals surface area contributed by atoms with Crippen molar-refractivity contribution in [2.75, 3.05) is 45.9 Å². The Morgan fingerprint density at radius 1 is 1.38 bits per heavy atom. The summed E-state index contributed by atoms with van der Waals surface area (Å²) >= 11 is 9.59. The molecule has 0 aromatic carbocycles. The molecule has 1 heterocycles. The third kappa shape index (κ3) is 8.25. The Hall–Kier alpha value is 0.500. The average molecular weight is 407 g/mol. The zero-order valence-corrected chi connectivity index (χ0v) is 19.5. The van der Waals surface area contributed by atoms with Gasteiger partial charge in [-0.3, -0.25) is 9.80 Å². The number of nitrogens with two attached hydrogens (primary N) is 1. The van der Waals surface area contributed by atoms with E-state index in [0.29, 0.717) is 24.7 Å². The number of nitrogens with one attached hydrogen (secondary N) is 1. The predicted octanol–water partition coefficient (Wildman–Crippen LogP) is 2.08. The molecule has 7 heteroatoms. The van der Waals surface area contributed by atoms with Gasteiger partial charge in [0.1, 0.15) is 4.93 Å². The summed E-state index contributed by atoms with van der Waals surface area (Å²) in [7, 11) is 0. The Kier molecular flexibility index (Phi) is 10.3. The minimum atomic E-state index is -0.364. The molecule has 0 aromatic heterocycles. The molecule has 0 saturated carbocycles. The summed E-state index contributed by atoms with van der Waals surface area (Å²) in [5.74, 6) is 0. The van der Waals surface area contributed by atoms with E-state index in [1.54, 1.807) is 0 Å². The Morgan fingerprint density at radius 2 is 2.04 bits per heavy atom. The molecule has 0 aromatic rings. The molecule has 0 radical (unpaired) electrons. The highest BCUT2D eigenvalue weighted by molar-refractivity contribution is 7.81. The molecule has 1 saturated heterocycles. The molecule has 0 spiro atoms. The predicted molar refractivity (Wildman–Crippen MR) is 120 cm³/mol. The number of morpholine rings is 1. The van der Waals surface area contributed by atoms with E-state index in [4.69, 9.17) is 23.1 Å². The first kappa shape index (κ1) is 24.5. The molecule has 0 amide bonds. The van der Waals surface area contributed by atoms with Crippen LogP contribution in [0.2, 0.25) is 0 Å². The molecule has 1 fully saturated rings. The van der Waals surface area contributed by atoms with Gasteiger partial charge in [0.25, 0.3) is 0 Å². The van der Waals surface area contributed by atoms with E-state index in [9.17, 15) is 0 Å². The molecular weight excluding hydrogens is 364 g/mol. The summed E-state index contributed by atoms with van der Waals surface area (Å²) in [6.07, 6.45) is 1.09. The van der Waals surface area contributed by atoms with Crippen LogP contribution in [0, 0.1) is 0 Å². The van der Waals surface area contributed by atoms with Crippen molar-refractivity contribution in [3.63, 3.8) is 0 Å². The van der Waals surface area contributed by atoms with Crippen molar-refractivity contribution in [2.24, 2.45) is 5.73 Å². The Morgan fingerprint density at radius 3 is 2.50 bits per heavy atom. The van der Waals surface area contributed by atoms with Crippen LogP contribution in [-0.2, 0) is 4.74 Å². The summed E-state index contributed by atoms with van der Waals surface area (Å²) in [5.41, 5.74) is 6.00. The zero-order valence-electron chi connectivity index (χ0n) is 17.7. The minimum absolute atomic E-state index is 0.118. The highest BCUT2D eigenvalue weighted by atomic mass is 32.1. The largest absolute Gasteiger partial charge is 0.362 e. The van der Waals surface area contributed by atoms with E-state index in [0.717, 1.165) is 45.8 Å². The molecule has 1 rings (SSSR count). The molecule has 1 aliphatic heterocycles. The number of nitrogens with zero attached hydrogens (tertiary/aromatic N) is 2. The molecule has 0 bridgehead atoms. The van der Waals surface area contributed by atoms with E-state index in [2.05, 4.69) is 62.4 Å². The summed E-state index contributed by atoms with van der Waals surface area (Å²) < 4.78 is 5.63. The van der Waals surface area contributed by atoms with Gasteiger partial charge >= 0.3 is 0 Å². The third-order valence-electron chi connectivity index (χ3n) is 5.07. The van der Waals surface area contributed by atoms with Crippen molar-refractivity contribution in [1.29, 1.82) is 0 Å². The Balaban J connectivity index is 2.92. The van der Waals surface area contributed by atoms with Gasteiger partial charge in [-0.25, -0.2) is 0 Å². The normalized spacial score (nSPS) is 25.0. The first-order chi connectivity index (χ1) is 12.0. The lowest BCUT2D eigenvalue weighted by atomic mass is 9.97. The average Bonchev–Trinajstić information content (AvgIpc) is 2.49. The summed E-state index contributed by atoms with van der Waals surface area (Å²) in [6.45, 7) is 19.1. The monoisotopic (exact) mass is 406 g/mol. The summed E-state index contributed by atoms with van der Waals surface area (Å²) in [5, 5.41) is 3.61. The van der Waals surface area contributed by atoms with Crippen LogP contribution in [0.3, 0.4) is 0 Å². The van der Waals surface area contributed by atoms with Gasteiger partial charge in [0.2, 0.25) is 0 Å². The first-order valence-electron chi connectivity index (χ1n) is 10.0. The molecule has 3 N–H and O–H groups in total. The highest BCUT2D eigenvalue weighted by Gasteiger charge is 2.36. The lowest BCUT2D eigenvalue weighted by molar-refractivity contribution is -0.0491. The van der Waals surface area contributed by atoms with Crippen molar-refractivity contribution >= 4 is 25.3 Å². The van der Waals surface area contributed by atoms with Gasteiger partial charge in [-0.2, -0.15) is 12.6 Å². The molecular formula is C19H42N4OS2. The number of rotatable bonds is 11. The standard InChI is InChI=1S/C19H42N4OS2/c1-7-16(13-22-10-11-24-19(6,26)14-22)23(9-8-20)17(18(4,5)25)12-21-15(2)3/h15-17,21,25-26H,7-14,20H2,1-6H3. The molecule has 156 valence electrons. The second kappa shape index (κ2) is 10.9. The van der Waals surface area contributed by atoms with Crippen LogP contribution in [0.4, 0.5) is 0 Å². The summed E-state index contributed by atoms with van der Waals surface area (Å²) in [6, 6.07) is 1.20. The second-order valence-corrected chi connectivity index (χ2v) is 10.7. The minimum Gasteiger partial charge on any atom is -0.362 e. The van der Waals surface area contributed by atoms with Crippen molar-refractivity contribution in [3.05, 3.63) is 0 Å². The van der Waals surface area contributed by atoms with E-state index < -0.39 is 0 Å². The molecule has 1 aliphatic rings. The number of thiol groups is 2. The molecule has 5 nitrogen and oxygen atoms in total. The van der Waals surface area contributed by atoms with Crippen LogP contribution in [-0.4, -0.2) is 83.5 Å². The van der Waals surface area contributed by atoms with E-state index in [-0.39, 0.29) is 9.68 Å². The maximum atomic E-state index is 6.00. The van der Waals surface area contributed by atoms with Crippen LogP contribution in [0.1, 0.15) is 48.0 Å². The van der Waals surface area contributed by atoms with Gasteiger partial charge in [-0.15, -0.1) is 12.6 Å². The van der Waals surface area contributed by atoms with Crippen molar-refractivity contribution in [3.8, 4) is 0 Å². The molecule has 3 atom stereocenters. The zero-order chi connectivity index (χ0) is 20.0. The van der Waals surface area contributed by atoms with Gasteiger partial charge in [0, 0.05) is 62.1 Å². The number of hydrogen-bond donors (Lipinski definition) is 4. The quantitative estimate of drug-likeness (QED) is 0.396. The van der Waals surface area contributed by atoms with Crippen LogP contribution < -0.4 is 11.1 Å². The van der Waals surface area contributed by atoms with Gasteiger partial charge in [-0.1, -0.05) is 20.8 Å². The number of ether oxygens (including phenoxy) is 1. The smallest absolute Gasteiger partial charge is 0.120 e. The van der Waals surface area contributed by atoms with Gasteiger partial charge < -0.3 is 15.8 Å². The van der Waals surface area contributed by atoms with E-state index in [1.165, 1.54) is 0 Å². The van der Waals surface area contributed by atoms with Gasteiger partial charge in [0.05, 0.1) is 6.61 Å². The maximum absolute atomic E-state index is 6.00. The fourth-order valence-corrected chi connectivity index (χ4v) is 4.25. The molecule has 26 heavy (non-hydrogen) atoms. The number of hydrogen-bond acceptors (Lipinski definition) is 7. The maximum Gasteiger partial charge on any atom is 0.120 e. The molecule has 0 aliphatic carbocycles. The lowest BCUT2D eigenvalue weighted by Gasteiger charge is -2.46. The third-order valence-corrected chi connectivity index (χ3v) is 5.64. The topological polar surface area (TPSA) is 53.8 Å². The van der Waals surface area contributed by atoms with Crippen LogP contribution >= 0.6 is 25.3 Å². The summed E-state index contributed by atoms with van der Waals surface area (Å²) in [4.78, 5) is 4.69. The van der Waals surface area contributed by atoms with Gasteiger partial charge in [0.15, 0.2) is 0 Å². The van der Waals surface area contributed by atoms with Crippen LogP contribution in [0.25, 0.3) is 0 Å². The van der Waals surface area contributed by atoms with Crippen LogP contribution in [0.5, 0.6) is 0 Å². The van der Waals surface area contributed by atoms with Crippen LogP contribution in [0.15, 0.2) is 0 Å². The molecule has 3 unspecified atom stereocenters. The van der Waals surface area contributed by atoms with Gasteiger partial charge in [-0.05, 0) is 27.2 Å². The SMILES string of the molecule is CCC(CN1CCOC(C)(S)C1)N(CCN)C(CNC(C)C)C(C)(C)S. The first-order valence-corrected chi connectivity index (χ1v) is 10.9. The Labute approximate surface area is 172 Å². The Bertz CT molecular complexity index is 401. The fraction of sp³-hybridized carbons (Fsp3) is 1.00.